The van der Waals surface area contributed by atoms with E-state index in [1.54, 1.807) is 43.5 Å². The fourth-order valence-electron chi connectivity index (χ4n) is 3.17. The molecule has 7 nitrogen and oxygen atoms in total. The van der Waals surface area contributed by atoms with Gasteiger partial charge in [0.25, 0.3) is 0 Å². The van der Waals surface area contributed by atoms with Crippen LogP contribution in [-0.2, 0) is 4.74 Å². The number of alkyl halides is 1. The average molecular weight is 531 g/mol. The second kappa shape index (κ2) is 15.1. The van der Waals surface area contributed by atoms with Crippen LogP contribution in [0.2, 0.25) is 0 Å². The first-order valence-electron chi connectivity index (χ1n) is 12.9. The molecule has 1 aliphatic rings. The van der Waals surface area contributed by atoms with Crippen molar-refractivity contribution in [2.75, 3.05) is 30.4 Å². The summed E-state index contributed by atoms with van der Waals surface area (Å²) in [4.78, 5) is 16.2. The second-order valence-electron chi connectivity index (χ2n) is 9.49. The zero-order valence-corrected chi connectivity index (χ0v) is 23.0. The normalized spacial score (nSPS) is 13.2. The minimum absolute atomic E-state index is 0.0882. The molecule has 0 saturated carbocycles. The van der Waals surface area contributed by atoms with Crippen molar-refractivity contribution in [2.45, 2.75) is 65.7 Å². The van der Waals surface area contributed by atoms with E-state index in [9.17, 15) is 13.6 Å². The predicted molar refractivity (Wildman–Crippen MR) is 152 cm³/mol. The number of aliphatic imine (C=N–C) groups is 1. The van der Waals surface area contributed by atoms with Gasteiger partial charge in [-0.2, -0.15) is 0 Å². The highest BCUT2D eigenvalue weighted by molar-refractivity contribution is 5.90. The molecule has 0 aromatic heterocycles. The topological polar surface area (TPSA) is 84.0 Å². The summed E-state index contributed by atoms with van der Waals surface area (Å²) in [6, 6.07) is 9.37. The van der Waals surface area contributed by atoms with E-state index in [2.05, 4.69) is 41.4 Å². The molecule has 9 heteroatoms. The Balaban J connectivity index is 0.00000118. The zero-order valence-electron chi connectivity index (χ0n) is 23.0. The maximum Gasteiger partial charge on any atom is 0.319 e. The van der Waals surface area contributed by atoms with Crippen molar-refractivity contribution in [3.05, 3.63) is 54.4 Å². The predicted octanol–water partition coefficient (Wildman–Crippen LogP) is 7.47. The van der Waals surface area contributed by atoms with Gasteiger partial charge in [0, 0.05) is 42.0 Å². The number of rotatable bonds is 11. The van der Waals surface area contributed by atoms with Crippen molar-refractivity contribution in [2.24, 2.45) is 4.99 Å². The number of carbonyl (C=O) groups excluding carboxylic acids is 1. The summed E-state index contributed by atoms with van der Waals surface area (Å²) in [6.07, 6.45) is 4.34. The number of amides is 2. The average Bonchev–Trinajstić information content (AvgIpc) is 2.82. The molecule has 0 spiro atoms. The third-order valence-corrected chi connectivity index (χ3v) is 5.47. The molecule has 0 atom stereocenters. The van der Waals surface area contributed by atoms with Gasteiger partial charge >= 0.3 is 6.03 Å². The Morgan fingerprint density at radius 1 is 1.16 bits per heavy atom. The molecule has 1 heterocycles. The SMILES string of the molecule is C=C(Nc1ccc(NC(=O)NCCC(C)(C)F)cc1)c1c(F)cc(OC2COC2)cc1N=CC.CCCC. The molecule has 0 radical (unpaired) electrons. The number of urea groups is 1. The molecule has 0 unspecified atom stereocenters. The largest absolute Gasteiger partial charge is 0.485 e. The van der Waals surface area contributed by atoms with E-state index >= 15 is 0 Å². The third kappa shape index (κ3) is 10.5. The molecule has 208 valence electrons. The second-order valence-corrected chi connectivity index (χ2v) is 9.49. The lowest BCUT2D eigenvalue weighted by Gasteiger charge is -2.27. The minimum Gasteiger partial charge on any atom is -0.485 e. The van der Waals surface area contributed by atoms with Gasteiger partial charge in [0.1, 0.15) is 23.3 Å². The van der Waals surface area contributed by atoms with Crippen molar-refractivity contribution in [3.8, 4) is 5.75 Å². The molecular formula is C29H40F2N4O3. The molecular weight excluding hydrogens is 490 g/mol. The zero-order chi connectivity index (χ0) is 28.1. The quantitative estimate of drug-likeness (QED) is 0.263. The molecule has 3 N–H and O–H groups in total. The van der Waals surface area contributed by atoms with Gasteiger partial charge in [-0.25, -0.2) is 13.6 Å². The van der Waals surface area contributed by atoms with Crippen molar-refractivity contribution in [1.82, 2.24) is 5.32 Å². The lowest BCUT2D eigenvalue weighted by atomic mass is 10.1. The molecule has 38 heavy (non-hydrogen) atoms. The van der Waals surface area contributed by atoms with E-state index in [4.69, 9.17) is 9.47 Å². The summed E-state index contributed by atoms with van der Waals surface area (Å²) in [7, 11) is 0. The number of nitrogens with zero attached hydrogens (tertiary/aromatic N) is 1. The lowest BCUT2D eigenvalue weighted by molar-refractivity contribution is -0.0797. The van der Waals surface area contributed by atoms with Crippen LogP contribution in [-0.4, -0.2) is 43.8 Å². The van der Waals surface area contributed by atoms with Crippen molar-refractivity contribution >= 4 is 35.0 Å². The van der Waals surface area contributed by atoms with Gasteiger partial charge in [-0.15, -0.1) is 0 Å². The van der Waals surface area contributed by atoms with Gasteiger partial charge in [-0.3, -0.25) is 4.99 Å². The minimum atomic E-state index is -1.34. The van der Waals surface area contributed by atoms with Crippen molar-refractivity contribution < 1.29 is 23.0 Å². The fourth-order valence-corrected chi connectivity index (χ4v) is 3.17. The highest BCUT2D eigenvalue weighted by Crippen LogP contribution is 2.34. The van der Waals surface area contributed by atoms with E-state index in [0.29, 0.717) is 41.7 Å². The number of ether oxygens (including phenoxy) is 2. The van der Waals surface area contributed by atoms with E-state index in [1.165, 1.54) is 32.8 Å². The molecule has 0 bridgehead atoms. The number of benzene rings is 2. The van der Waals surface area contributed by atoms with Crippen LogP contribution < -0.4 is 20.7 Å². The van der Waals surface area contributed by atoms with Crippen molar-refractivity contribution in [1.29, 1.82) is 0 Å². The van der Waals surface area contributed by atoms with Crippen LogP contribution in [0.15, 0.2) is 48.0 Å². The fraction of sp³-hybridized carbons (Fsp3) is 0.448. The Morgan fingerprint density at radius 2 is 1.76 bits per heavy atom. The first-order chi connectivity index (χ1) is 18.1. The maximum absolute atomic E-state index is 15.0. The van der Waals surface area contributed by atoms with Gasteiger partial charge in [0.15, 0.2) is 0 Å². The van der Waals surface area contributed by atoms with E-state index in [-0.39, 0.29) is 24.6 Å². The summed E-state index contributed by atoms with van der Waals surface area (Å²) in [6.45, 7) is 14.2. The smallest absolute Gasteiger partial charge is 0.319 e. The van der Waals surface area contributed by atoms with Crippen LogP contribution in [0, 0.1) is 5.82 Å². The van der Waals surface area contributed by atoms with Gasteiger partial charge in [-0.05, 0) is 51.5 Å². The van der Waals surface area contributed by atoms with Gasteiger partial charge in [0.2, 0.25) is 0 Å². The van der Waals surface area contributed by atoms with E-state index < -0.39 is 17.5 Å². The molecule has 1 fully saturated rings. The van der Waals surface area contributed by atoms with Crippen LogP contribution in [0.5, 0.6) is 5.75 Å². The van der Waals surface area contributed by atoms with Gasteiger partial charge < -0.3 is 25.4 Å². The van der Waals surface area contributed by atoms with Crippen LogP contribution in [0.3, 0.4) is 0 Å². The molecule has 2 aromatic rings. The molecule has 2 aromatic carbocycles. The summed E-state index contributed by atoms with van der Waals surface area (Å²) < 4.78 is 39.3. The molecule has 1 saturated heterocycles. The Labute approximate surface area is 224 Å². The Hall–Kier alpha value is -3.46. The standard InChI is InChI=1S/C25H30F2N4O3.C4H10/c1-5-28-22-13-19(34-20-14-33-15-20)12-21(26)23(22)16(2)30-17-6-8-18(9-7-17)31-24(32)29-11-10-25(3,4)27;1-3-4-2/h5-9,12-13,20,30H,2,10-11,14-15H2,1,3-4H3,(H2,29,31,32);3-4H2,1-2H3. The van der Waals surface area contributed by atoms with Gasteiger partial charge in [0.05, 0.1) is 24.5 Å². The molecule has 1 aliphatic heterocycles. The van der Waals surface area contributed by atoms with E-state index in [0.717, 1.165) is 0 Å². The number of carbonyl (C=O) groups is 1. The number of hydrogen-bond acceptors (Lipinski definition) is 5. The number of hydrogen-bond donors (Lipinski definition) is 3. The van der Waals surface area contributed by atoms with Crippen LogP contribution >= 0.6 is 0 Å². The highest BCUT2D eigenvalue weighted by Gasteiger charge is 2.22. The van der Waals surface area contributed by atoms with Crippen LogP contribution in [0.25, 0.3) is 5.70 Å². The summed E-state index contributed by atoms with van der Waals surface area (Å²) in [5.74, 6) is -0.131. The van der Waals surface area contributed by atoms with E-state index in [1.807, 2.05) is 0 Å². The Kier molecular flexibility index (Phi) is 12.2. The van der Waals surface area contributed by atoms with Crippen LogP contribution in [0.1, 0.15) is 59.4 Å². The number of unbranched alkanes of at least 4 members (excludes halogenated alkanes) is 1. The molecule has 3 rings (SSSR count). The van der Waals surface area contributed by atoms with Crippen LogP contribution in [0.4, 0.5) is 30.6 Å². The number of halogens is 2. The summed E-state index contributed by atoms with van der Waals surface area (Å²) in [5, 5.41) is 8.37. The van der Waals surface area contributed by atoms with Gasteiger partial charge in [-0.1, -0.05) is 33.3 Å². The lowest BCUT2D eigenvalue weighted by Crippen LogP contribution is -2.38. The molecule has 2 amide bonds. The first kappa shape index (κ1) is 30.8. The molecule has 0 aliphatic carbocycles. The number of anilines is 2. The Morgan fingerprint density at radius 3 is 2.26 bits per heavy atom. The number of nitrogens with one attached hydrogen (secondary N) is 3. The highest BCUT2D eigenvalue weighted by atomic mass is 19.1. The third-order valence-electron chi connectivity index (χ3n) is 5.47. The summed E-state index contributed by atoms with van der Waals surface area (Å²) >= 11 is 0. The Bertz CT molecular complexity index is 1080. The maximum atomic E-state index is 15.0. The van der Waals surface area contributed by atoms with Crippen molar-refractivity contribution in [3.63, 3.8) is 0 Å². The monoisotopic (exact) mass is 530 g/mol. The first-order valence-corrected chi connectivity index (χ1v) is 12.9. The summed E-state index contributed by atoms with van der Waals surface area (Å²) in [5.41, 5.74) is 0.798.